The number of allylic oxidation sites excluding steroid dienone is 2. The maximum Gasteiger partial charge on any atom is 0.225 e. The number of aryl methyl sites for hydroxylation is 1. The van der Waals surface area contributed by atoms with Gasteiger partial charge in [0, 0.05) is 30.2 Å². The number of hydrogen-bond donors (Lipinski definition) is 1. The van der Waals surface area contributed by atoms with Crippen LogP contribution in [0.3, 0.4) is 0 Å². The smallest absolute Gasteiger partial charge is 0.225 e. The van der Waals surface area contributed by atoms with Crippen LogP contribution >= 0.6 is 11.6 Å². The second-order valence-corrected chi connectivity index (χ2v) is 6.42. The van der Waals surface area contributed by atoms with Gasteiger partial charge in [0.15, 0.2) is 0 Å². The van der Waals surface area contributed by atoms with Gasteiger partial charge in [-0.3, -0.25) is 9.59 Å². The fourth-order valence-electron chi connectivity index (χ4n) is 2.97. The lowest BCUT2D eigenvalue weighted by Crippen LogP contribution is -2.25. The van der Waals surface area contributed by atoms with E-state index in [0.29, 0.717) is 11.4 Å². The normalized spacial score (nSPS) is 13.7. The summed E-state index contributed by atoms with van der Waals surface area (Å²) < 4.78 is 0. The molecule has 0 bridgehead atoms. The van der Waals surface area contributed by atoms with E-state index in [9.17, 15) is 9.59 Å². The molecule has 0 fully saturated rings. The van der Waals surface area contributed by atoms with Gasteiger partial charge < -0.3 is 10.2 Å². The number of carbonyl (C=O) groups excluding carboxylic acids is 2. The first kappa shape index (κ1) is 18.1. The molecule has 1 aliphatic rings. The van der Waals surface area contributed by atoms with Gasteiger partial charge in [-0.15, -0.1) is 0 Å². The van der Waals surface area contributed by atoms with Crippen LogP contribution < -0.4 is 10.2 Å². The maximum absolute atomic E-state index is 12.8. The van der Waals surface area contributed by atoms with Crippen molar-refractivity contribution in [1.29, 1.82) is 0 Å². The minimum Gasteiger partial charge on any atom is -0.372 e. The Morgan fingerprint density at radius 2 is 1.65 bits per heavy atom. The standard InChI is InChI=1S/C20H20ClN3O2/c1-4-24(5-2)14-9-7-13(8-10-14)23-18-16(21)20(26)17-15(19(18)25)11-6-12(3)22-17/h6-11,23H,4-5H2,1-3H3. The molecule has 0 amide bonds. The molecule has 1 aromatic carbocycles. The van der Waals surface area contributed by atoms with Gasteiger partial charge in [0.05, 0.1) is 5.56 Å². The Morgan fingerprint density at radius 1 is 1.00 bits per heavy atom. The van der Waals surface area contributed by atoms with E-state index in [4.69, 9.17) is 11.6 Å². The van der Waals surface area contributed by atoms with Crippen LogP contribution in [0, 0.1) is 6.92 Å². The van der Waals surface area contributed by atoms with Crippen molar-refractivity contribution in [2.45, 2.75) is 20.8 Å². The molecule has 134 valence electrons. The number of pyridine rings is 1. The number of benzene rings is 1. The molecule has 2 aromatic rings. The van der Waals surface area contributed by atoms with Gasteiger partial charge in [0.2, 0.25) is 11.6 Å². The van der Waals surface area contributed by atoms with E-state index in [1.54, 1.807) is 19.1 Å². The zero-order chi connectivity index (χ0) is 18.8. The number of nitrogens with zero attached hydrogens (tertiary/aromatic N) is 2. The molecule has 0 unspecified atom stereocenters. The predicted octanol–water partition coefficient (Wildman–Crippen LogP) is 4.18. The molecule has 1 aromatic heterocycles. The summed E-state index contributed by atoms with van der Waals surface area (Å²) in [5, 5.41) is 2.87. The van der Waals surface area contributed by atoms with Crippen LogP contribution in [0.2, 0.25) is 0 Å². The monoisotopic (exact) mass is 369 g/mol. The summed E-state index contributed by atoms with van der Waals surface area (Å²) in [6, 6.07) is 11.0. The summed E-state index contributed by atoms with van der Waals surface area (Å²) in [4.78, 5) is 31.6. The molecule has 1 aliphatic carbocycles. The van der Waals surface area contributed by atoms with Crippen LogP contribution in [0.4, 0.5) is 11.4 Å². The molecule has 0 radical (unpaired) electrons. The number of ketones is 2. The number of halogens is 1. The number of nitrogens with one attached hydrogen (secondary N) is 1. The third kappa shape index (κ3) is 3.22. The molecule has 1 heterocycles. The van der Waals surface area contributed by atoms with Gasteiger partial charge in [-0.25, -0.2) is 4.98 Å². The molecule has 0 spiro atoms. The minimum atomic E-state index is -0.438. The van der Waals surface area contributed by atoms with Crippen molar-refractivity contribution in [3.63, 3.8) is 0 Å². The quantitative estimate of drug-likeness (QED) is 0.856. The number of aromatic nitrogens is 1. The Kier molecular flexibility index (Phi) is 5.09. The van der Waals surface area contributed by atoms with E-state index in [1.165, 1.54) is 0 Å². The summed E-state index contributed by atoms with van der Waals surface area (Å²) in [6.07, 6.45) is 0. The van der Waals surface area contributed by atoms with Crippen LogP contribution in [-0.4, -0.2) is 29.6 Å². The summed E-state index contributed by atoms with van der Waals surface area (Å²) in [5.41, 5.74) is 2.92. The molecule has 3 rings (SSSR count). The highest BCUT2D eigenvalue weighted by Crippen LogP contribution is 2.29. The number of rotatable bonds is 5. The first-order chi connectivity index (χ1) is 12.5. The van der Waals surface area contributed by atoms with Crippen molar-refractivity contribution >= 4 is 34.5 Å². The number of carbonyl (C=O) groups is 2. The van der Waals surface area contributed by atoms with Crippen molar-refractivity contribution in [2.75, 3.05) is 23.3 Å². The molecule has 0 atom stereocenters. The van der Waals surface area contributed by atoms with E-state index < -0.39 is 5.78 Å². The Bertz CT molecular complexity index is 900. The number of hydrogen-bond acceptors (Lipinski definition) is 5. The van der Waals surface area contributed by atoms with Gasteiger partial charge in [-0.2, -0.15) is 0 Å². The lowest BCUT2D eigenvalue weighted by atomic mass is 9.96. The highest BCUT2D eigenvalue weighted by atomic mass is 35.5. The minimum absolute atomic E-state index is 0.0883. The predicted molar refractivity (Wildman–Crippen MR) is 104 cm³/mol. The van der Waals surface area contributed by atoms with E-state index in [-0.39, 0.29) is 27.8 Å². The van der Waals surface area contributed by atoms with E-state index >= 15 is 0 Å². The highest BCUT2D eigenvalue weighted by molar-refractivity contribution is 6.50. The molecule has 26 heavy (non-hydrogen) atoms. The van der Waals surface area contributed by atoms with Crippen molar-refractivity contribution in [3.8, 4) is 0 Å². The molecule has 0 saturated carbocycles. The molecule has 1 N–H and O–H groups in total. The van der Waals surface area contributed by atoms with Gasteiger partial charge in [0.25, 0.3) is 0 Å². The average molecular weight is 370 g/mol. The lowest BCUT2D eigenvalue weighted by molar-refractivity contribution is 0.0978. The summed E-state index contributed by atoms with van der Waals surface area (Å²) in [6.45, 7) is 7.78. The summed E-state index contributed by atoms with van der Waals surface area (Å²) >= 11 is 6.18. The molecular formula is C20H20ClN3O2. The molecular weight excluding hydrogens is 350 g/mol. The fourth-order valence-corrected chi connectivity index (χ4v) is 3.19. The van der Waals surface area contributed by atoms with E-state index in [1.807, 2.05) is 24.3 Å². The first-order valence-electron chi connectivity index (χ1n) is 8.55. The van der Waals surface area contributed by atoms with Crippen LogP contribution in [-0.2, 0) is 0 Å². The molecule has 0 aliphatic heterocycles. The Hall–Kier alpha value is -2.66. The third-order valence-electron chi connectivity index (χ3n) is 4.41. The van der Waals surface area contributed by atoms with Gasteiger partial charge in [-0.05, 0) is 57.2 Å². The number of fused-ring (bicyclic) bond motifs is 1. The van der Waals surface area contributed by atoms with Crippen LogP contribution in [0.15, 0.2) is 47.1 Å². The van der Waals surface area contributed by atoms with Crippen molar-refractivity contribution < 1.29 is 9.59 Å². The summed E-state index contributed by atoms with van der Waals surface area (Å²) in [5.74, 6) is -0.767. The zero-order valence-corrected chi connectivity index (χ0v) is 15.7. The van der Waals surface area contributed by atoms with Crippen molar-refractivity contribution in [2.24, 2.45) is 0 Å². The first-order valence-corrected chi connectivity index (χ1v) is 8.92. The van der Waals surface area contributed by atoms with Crippen LogP contribution in [0.1, 0.15) is 40.4 Å². The largest absolute Gasteiger partial charge is 0.372 e. The number of anilines is 2. The molecule has 6 heteroatoms. The lowest BCUT2D eigenvalue weighted by Gasteiger charge is -2.22. The Morgan fingerprint density at radius 3 is 2.27 bits per heavy atom. The van der Waals surface area contributed by atoms with Gasteiger partial charge in [-0.1, -0.05) is 11.6 Å². The van der Waals surface area contributed by atoms with Crippen molar-refractivity contribution in [1.82, 2.24) is 4.98 Å². The topological polar surface area (TPSA) is 62.3 Å². The molecule has 0 saturated heterocycles. The van der Waals surface area contributed by atoms with Crippen molar-refractivity contribution in [3.05, 3.63) is 64.1 Å². The molecule has 5 nitrogen and oxygen atoms in total. The van der Waals surface area contributed by atoms with E-state index in [0.717, 1.165) is 18.8 Å². The second kappa shape index (κ2) is 7.30. The highest BCUT2D eigenvalue weighted by Gasteiger charge is 2.32. The Labute approximate surface area is 157 Å². The van der Waals surface area contributed by atoms with Gasteiger partial charge in [0.1, 0.15) is 16.4 Å². The van der Waals surface area contributed by atoms with Gasteiger partial charge >= 0.3 is 0 Å². The van der Waals surface area contributed by atoms with E-state index in [2.05, 4.69) is 29.0 Å². The third-order valence-corrected chi connectivity index (χ3v) is 4.77. The fraction of sp³-hybridized carbons (Fsp3) is 0.250. The zero-order valence-electron chi connectivity index (χ0n) is 15.0. The maximum atomic E-state index is 12.8. The summed E-state index contributed by atoms with van der Waals surface area (Å²) in [7, 11) is 0. The van der Waals surface area contributed by atoms with Crippen LogP contribution in [0.5, 0.6) is 0 Å². The second-order valence-electron chi connectivity index (χ2n) is 6.04. The number of Topliss-reactive ketones (excluding diaryl/α,β-unsaturated/α-hetero) is 2. The Balaban J connectivity index is 1.90. The van der Waals surface area contributed by atoms with Crippen LogP contribution in [0.25, 0.3) is 0 Å². The SMILES string of the molecule is CCN(CC)c1ccc(NC2=C(Cl)C(=O)c3nc(C)ccc3C2=O)cc1. The average Bonchev–Trinajstić information content (AvgIpc) is 2.65.